The summed E-state index contributed by atoms with van der Waals surface area (Å²) in [6.07, 6.45) is 2.26. The standard InChI is InChI=1S/C10H8Br2S2/c11-8-6-14-9(10(8)12)4-3-7-2-1-5-13-7/h1-2,5-6H,3-4H2. The molecule has 0 aliphatic carbocycles. The molecule has 0 bridgehead atoms. The van der Waals surface area contributed by atoms with Gasteiger partial charge < -0.3 is 0 Å². The van der Waals surface area contributed by atoms with Crippen LogP contribution in [0.1, 0.15) is 9.75 Å². The number of hydrogen-bond acceptors (Lipinski definition) is 2. The van der Waals surface area contributed by atoms with E-state index in [1.54, 1.807) is 0 Å². The van der Waals surface area contributed by atoms with Gasteiger partial charge in [-0.05, 0) is 56.1 Å². The Labute approximate surface area is 108 Å². The number of aryl methyl sites for hydroxylation is 2. The number of rotatable bonds is 3. The van der Waals surface area contributed by atoms with Crippen LogP contribution in [0.2, 0.25) is 0 Å². The third-order valence-electron chi connectivity index (χ3n) is 1.94. The normalized spacial score (nSPS) is 10.7. The van der Waals surface area contributed by atoms with Crippen molar-refractivity contribution >= 4 is 54.5 Å². The van der Waals surface area contributed by atoms with E-state index >= 15 is 0 Å². The lowest BCUT2D eigenvalue weighted by Crippen LogP contribution is -1.85. The van der Waals surface area contributed by atoms with E-state index in [1.165, 1.54) is 18.7 Å². The van der Waals surface area contributed by atoms with Crippen molar-refractivity contribution in [2.45, 2.75) is 12.8 Å². The van der Waals surface area contributed by atoms with Gasteiger partial charge in [0.15, 0.2) is 0 Å². The Kier molecular flexibility index (Phi) is 3.82. The third kappa shape index (κ3) is 2.48. The van der Waals surface area contributed by atoms with Gasteiger partial charge in [-0.2, -0.15) is 0 Å². The molecular weight excluding hydrogens is 344 g/mol. The molecule has 0 saturated carbocycles. The number of halogens is 2. The molecule has 0 fully saturated rings. The van der Waals surface area contributed by atoms with Crippen LogP contribution in [0.15, 0.2) is 31.8 Å². The van der Waals surface area contributed by atoms with Gasteiger partial charge in [-0.3, -0.25) is 0 Å². The summed E-state index contributed by atoms with van der Waals surface area (Å²) in [5, 5.41) is 4.27. The summed E-state index contributed by atoms with van der Waals surface area (Å²) in [6.45, 7) is 0. The smallest absolute Gasteiger partial charge is 0.0456 e. The van der Waals surface area contributed by atoms with Gasteiger partial charge in [-0.25, -0.2) is 0 Å². The maximum absolute atomic E-state index is 3.58. The summed E-state index contributed by atoms with van der Waals surface area (Å²) >= 11 is 10.7. The largest absolute Gasteiger partial charge is 0.149 e. The third-order valence-corrected chi connectivity index (χ3v) is 6.55. The van der Waals surface area contributed by atoms with Crippen molar-refractivity contribution in [3.05, 3.63) is 41.6 Å². The molecule has 74 valence electrons. The first kappa shape index (κ1) is 10.9. The fourth-order valence-corrected chi connectivity index (χ4v) is 4.12. The zero-order chi connectivity index (χ0) is 9.97. The van der Waals surface area contributed by atoms with Crippen LogP contribution in [0, 0.1) is 0 Å². The zero-order valence-electron chi connectivity index (χ0n) is 7.30. The highest BCUT2D eigenvalue weighted by Crippen LogP contribution is 2.33. The van der Waals surface area contributed by atoms with Crippen molar-refractivity contribution in [1.82, 2.24) is 0 Å². The monoisotopic (exact) mass is 350 g/mol. The summed E-state index contributed by atoms with van der Waals surface area (Å²) in [7, 11) is 0. The van der Waals surface area contributed by atoms with Crippen molar-refractivity contribution < 1.29 is 0 Å². The van der Waals surface area contributed by atoms with Gasteiger partial charge in [0.1, 0.15) is 0 Å². The Morgan fingerprint density at radius 1 is 1.14 bits per heavy atom. The summed E-state index contributed by atoms with van der Waals surface area (Å²) in [5.74, 6) is 0. The van der Waals surface area contributed by atoms with Crippen LogP contribution in [-0.2, 0) is 12.8 Å². The zero-order valence-corrected chi connectivity index (χ0v) is 12.1. The van der Waals surface area contributed by atoms with Crippen molar-refractivity contribution in [1.29, 1.82) is 0 Å². The molecule has 14 heavy (non-hydrogen) atoms. The van der Waals surface area contributed by atoms with E-state index in [9.17, 15) is 0 Å². The summed E-state index contributed by atoms with van der Waals surface area (Å²) in [6, 6.07) is 4.31. The van der Waals surface area contributed by atoms with Crippen LogP contribution in [0.3, 0.4) is 0 Å². The molecule has 0 aliphatic heterocycles. The van der Waals surface area contributed by atoms with E-state index < -0.39 is 0 Å². The van der Waals surface area contributed by atoms with E-state index in [4.69, 9.17) is 0 Å². The molecule has 0 radical (unpaired) electrons. The Hall–Kier alpha value is 0.360. The van der Waals surface area contributed by atoms with Crippen molar-refractivity contribution in [2.75, 3.05) is 0 Å². The lowest BCUT2D eigenvalue weighted by molar-refractivity contribution is 0.998. The molecule has 0 aliphatic rings. The Balaban J connectivity index is 2.02. The van der Waals surface area contributed by atoms with Crippen LogP contribution in [0.5, 0.6) is 0 Å². The Morgan fingerprint density at radius 2 is 2.00 bits per heavy atom. The molecule has 2 heterocycles. The average Bonchev–Trinajstić information content (AvgIpc) is 2.77. The summed E-state index contributed by atoms with van der Waals surface area (Å²) in [5.41, 5.74) is 0. The number of hydrogen-bond donors (Lipinski definition) is 0. The highest BCUT2D eigenvalue weighted by molar-refractivity contribution is 9.13. The molecule has 2 aromatic rings. The van der Waals surface area contributed by atoms with E-state index in [0.29, 0.717) is 0 Å². The van der Waals surface area contributed by atoms with Crippen LogP contribution in [0.4, 0.5) is 0 Å². The van der Waals surface area contributed by atoms with E-state index in [0.717, 1.165) is 12.8 Å². The van der Waals surface area contributed by atoms with Gasteiger partial charge in [0, 0.05) is 24.1 Å². The van der Waals surface area contributed by atoms with Gasteiger partial charge >= 0.3 is 0 Å². The second kappa shape index (κ2) is 4.92. The fraction of sp³-hybridized carbons (Fsp3) is 0.200. The first-order chi connectivity index (χ1) is 6.77. The first-order valence-corrected chi connectivity index (χ1v) is 7.55. The lowest BCUT2D eigenvalue weighted by atomic mass is 10.2. The molecule has 0 spiro atoms. The maximum Gasteiger partial charge on any atom is 0.0456 e. The van der Waals surface area contributed by atoms with E-state index in [1.807, 2.05) is 22.7 Å². The Bertz CT molecular complexity index is 404. The minimum absolute atomic E-state index is 1.12. The van der Waals surface area contributed by atoms with Gasteiger partial charge in [-0.15, -0.1) is 22.7 Å². The highest BCUT2D eigenvalue weighted by Gasteiger charge is 2.06. The Morgan fingerprint density at radius 3 is 2.57 bits per heavy atom. The minimum atomic E-state index is 1.12. The highest BCUT2D eigenvalue weighted by atomic mass is 79.9. The summed E-state index contributed by atoms with van der Waals surface area (Å²) in [4.78, 5) is 2.88. The van der Waals surface area contributed by atoms with E-state index in [-0.39, 0.29) is 0 Å². The summed E-state index contributed by atoms with van der Waals surface area (Å²) < 4.78 is 2.39. The van der Waals surface area contributed by atoms with Gasteiger partial charge in [0.05, 0.1) is 0 Å². The second-order valence-corrected chi connectivity index (χ2v) is 6.54. The molecule has 2 rings (SSSR count). The topological polar surface area (TPSA) is 0 Å². The molecule has 4 heteroatoms. The first-order valence-electron chi connectivity index (χ1n) is 4.21. The van der Waals surface area contributed by atoms with Crippen LogP contribution < -0.4 is 0 Å². The SMILES string of the molecule is Brc1csc(CCc2cccs2)c1Br. The van der Waals surface area contributed by atoms with Gasteiger partial charge in [-0.1, -0.05) is 6.07 Å². The van der Waals surface area contributed by atoms with E-state index in [2.05, 4.69) is 54.8 Å². The second-order valence-electron chi connectivity index (χ2n) is 2.90. The van der Waals surface area contributed by atoms with Gasteiger partial charge in [0.25, 0.3) is 0 Å². The van der Waals surface area contributed by atoms with Crippen LogP contribution in [-0.4, -0.2) is 0 Å². The van der Waals surface area contributed by atoms with Crippen LogP contribution >= 0.6 is 54.5 Å². The molecule has 0 aromatic carbocycles. The molecule has 0 atom stereocenters. The number of thiophene rings is 2. The molecule has 0 unspecified atom stereocenters. The van der Waals surface area contributed by atoms with Crippen molar-refractivity contribution in [3.8, 4) is 0 Å². The van der Waals surface area contributed by atoms with Crippen molar-refractivity contribution in [2.24, 2.45) is 0 Å². The average molecular weight is 352 g/mol. The van der Waals surface area contributed by atoms with Crippen LogP contribution in [0.25, 0.3) is 0 Å². The predicted molar refractivity (Wildman–Crippen MR) is 71.4 cm³/mol. The molecule has 0 N–H and O–H groups in total. The minimum Gasteiger partial charge on any atom is -0.149 e. The lowest BCUT2D eigenvalue weighted by Gasteiger charge is -1.96. The molecular formula is C10H8Br2S2. The quantitative estimate of drug-likeness (QED) is 0.719. The molecule has 2 aromatic heterocycles. The molecule has 0 nitrogen and oxygen atoms in total. The van der Waals surface area contributed by atoms with Gasteiger partial charge in [0.2, 0.25) is 0 Å². The maximum atomic E-state index is 3.58. The molecule has 0 saturated heterocycles. The van der Waals surface area contributed by atoms with Crippen molar-refractivity contribution in [3.63, 3.8) is 0 Å². The molecule has 0 amide bonds. The predicted octanol–water partition coefficient (Wildman–Crippen LogP) is 5.12. The fourth-order valence-electron chi connectivity index (χ4n) is 1.22.